The van der Waals surface area contributed by atoms with Crippen LogP contribution >= 0.6 is 11.8 Å². The van der Waals surface area contributed by atoms with Crippen LogP contribution in [0.5, 0.6) is 5.75 Å². The number of nitrogens with zero attached hydrogens (tertiary/aromatic N) is 9. The lowest BCUT2D eigenvalue weighted by Gasteiger charge is -2.05. The molecule has 11 nitrogen and oxygen atoms in total. The first-order chi connectivity index (χ1) is 13.5. The largest absolute Gasteiger partial charge is 0.506 e. The summed E-state index contributed by atoms with van der Waals surface area (Å²) in [5, 5.41) is 48.2. The lowest BCUT2D eigenvalue weighted by atomic mass is 10.2. The lowest BCUT2D eigenvalue weighted by molar-refractivity contribution is 0.475. The number of aromatic amines is 1. The van der Waals surface area contributed by atoms with Crippen molar-refractivity contribution in [2.45, 2.75) is 4.90 Å². The van der Waals surface area contributed by atoms with Crippen LogP contribution in [-0.2, 0) is 7.05 Å². The Hall–Kier alpha value is -4.03. The number of imidazole rings is 1. The Morgan fingerprint density at radius 3 is 2.54 bits per heavy atom. The van der Waals surface area contributed by atoms with E-state index in [0.717, 1.165) is 0 Å². The Labute approximate surface area is 163 Å². The molecule has 3 rings (SSSR count). The first-order valence-corrected chi connectivity index (χ1v) is 8.91. The molecule has 0 radical (unpaired) electrons. The number of nitriles is 2. The number of aromatic nitrogens is 4. The maximum absolute atomic E-state index is 10.2. The summed E-state index contributed by atoms with van der Waals surface area (Å²) in [7, 11) is 1.74. The summed E-state index contributed by atoms with van der Waals surface area (Å²) in [4.78, 5) is 7.10. The maximum atomic E-state index is 10.2. The molecule has 2 heterocycles. The zero-order valence-corrected chi connectivity index (χ0v) is 15.5. The Morgan fingerprint density at radius 2 is 1.93 bits per heavy atom. The highest BCUT2D eigenvalue weighted by molar-refractivity contribution is 7.98. The van der Waals surface area contributed by atoms with Gasteiger partial charge in [-0.3, -0.25) is 0 Å². The van der Waals surface area contributed by atoms with E-state index in [1.54, 1.807) is 36.1 Å². The summed E-state index contributed by atoms with van der Waals surface area (Å²) in [5.41, 5.74) is 0.522. The Kier molecular flexibility index (Phi) is 5.43. The van der Waals surface area contributed by atoms with E-state index in [0.29, 0.717) is 16.4 Å². The van der Waals surface area contributed by atoms with Gasteiger partial charge in [0.2, 0.25) is 5.95 Å². The van der Waals surface area contributed by atoms with E-state index in [4.69, 9.17) is 10.5 Å². The van der Waals surface area contributed by atoms with Crippen LogP contribution in [0.25, 0.3) is 0 Å². The van der Waals surface area contributed by atoms with E-state index in [2.05, 4.69) is 35.5 Å². The van der Waals surface area contributed by atoms with Gasteiger partial charge >= 0.3 is 0 Å². The smallest absolute Gasteiger partial charge is 0.249 e. The molecular formula is C16H12N10OS. The third kappa shape index (κ3) is 3.87. The van der Waals surface area contributed by atoms with Crippen LogP contribution in [0.2, 0.25) is 0 Å². The van der Waals surface area contributed by atoms with Crippen LogP contribution in [0.3, 0.4) is 0 Å². The normalized spacial score (nSPS) is 11.1. The fourth-order valence-corrected chi connectivity index (χ4v) is 2.65. The first-order valence-electron chi connectivity index (χ1n) is 7.68. The summed E-state index contributed by atoms with van der Waals surface area (Å²) in [6.45, 7) is 0. The molecule has 0 spiro atoms. The molecule has 0 atom stereocenters. The van der Waals surface area contributed by atoms with Crippen molar-refractivity contribution >= 4 is 34.9 Å². The van der Waals surface area contributed by atoms with Crippen molar-refractivity contribution in [3.8, 4) is 17.9 Å². The molecule has 0 bridgehead atoms. The van der Waals surface area contributed by atoms with Gasteiger partial charge < -0.3 is 10.1 Å². The molecule has 12 heteroatoms. The molecule has 28 heavy (non-hydrogen) atoms. The summed E-state index contributed by atoms with van der Waals surface area (Å²) < 4.78 is 1.57. The quantitative estimate of drug-likeness (QED) is 0.489. The highest BCUT2D eigenvalue weighted by Gasteiger charge is 2.11. The van der Waals surface area contributed by atoms with Gasteiger partial charge in [-0.1, -0.05) is 0 Å². The molecule has 0 amide bonds. The van der Waals surface area contributed by atoms with Gasteiger partial charge in [0.05, 0.1) is 6.20 Å². The number of H-pyrrole nitrogens is 1. The number of hydrogen-bond acceptors (Lipinski definition) is 10. The van der Waals surface area contributed by atoms with Crippen molar-refractivity contribution in [1.82, 2.24) is 19.7 Å². The molecule has 0 aliphatic carbocycles. The highest BCUT2D eigenvalue weighted by Crippen LogP contribution is 2.39. The molecule has 138 valence electrons. The molecule has 0 saturated heterocycles. The van der Waals surface area contributed by atoms with Crippen LogP contribution in [0.1, 0.15) is 11.4 Å². The van der Waals surface area contributed by atoms with E-state index in [1.807, 2.05) is 6.26 Å². The number of nitrogens with one attached hydrogen (secondary N) is 1. The van der Waals surface area contributed by atoms with Crippen molar-refractivity contribution in [2.24, 2.45) is 27.5 Å². The second-order valence-corrected chi connectivity index (χ2v) is 6.08. The van der Waals surface area contributed by atoms with Gasteiger partial charge in [-0.05, 0) is 18.4 Å². The topological polar surface area (TPSA) is 164 Å². The predicted octanol–water partition coefficient (Wildman–Crippen LogP) is 4.14. The van der Waals surface area contributed by atoms with Crippen LogP contribution in [-0.4, -0.2) is 31.1 Å². The predicted molar refractivity (Wildman–Crippen MR) is 99.5 cm³/mol. The van der Waals surface area contributed by atoms with Gasteiger partial charge in [0.15, 0.2) is 17.2 Å². The summed E-state index contributed by atoms with van der Waals surface area (Å²) in [5.74, 6) is 0.423. The summed E-state index contributed by atoms with van der Waals surface area (Å²) >= 11 is 1.39. The van der Waals surface area contributed by atoms with Gasteiger partial charge in [-0.2, -0.15) is 20.6 Å². The second kappa shape index (κ2) is 8.11. The van der Waals surface area contributed by atoms with Crippen LogP contribution in [0.15, 0.2) is 49.7 Å². The number of azo groups is 2. The third-order valence-corrected chi connectivity index (χ3v) is 4.26. The molecule has 3 aromatic rings. The fraction of sp³-hybridized carbons (Fsp3) is 0.125. The van der Waals surface area contributed by atoms with Gasteiger partial charge in [0.25, 0.3) is 0 Å². The van der Waals surface area contributed by atoms with Gasteiger partial charge in [0, 0.05) is 18.0 Å². The Bertz CT molecular complexity index is 1130. The highest BCUT2D eigenvalue weighted by atomic mass is 32.2. The lowest BCUT2D eigenvalue weighted by Crippen LogP contribution is -1.87. The number of hydrogen-bond donors (Lipinski definition) is 2. The number of aromatic hydroxyl groups is 1. The molecule has 1 aromatic carbocycles. The number of benzene rings is 1. The molecule has 0 unspecified atom stereocenters. The summed E-state index contributed by atoms with van der Waals surface area (Å²) in [6, 6.07) is 8.31. The van der Waals surface area contributed by atoms with E-state index in [-0.39, 0.29) is 28.8 Å². The molecule has 0 saturated carbocycles. The molecular weight excluding hydrogens is 380 g/mol. The minimum atomic E-state index is -0.111. The average molecular weight is 392 g/mol. The average Bonchev–Trinajstić information content (AvgIpc) is 3.30. The van der Waals surface area contributed by atoms with Crippen molar-refractivity contribution in [1.29, 1.82) is 10.5 Å². The molecule has 0 aliphatic heterocycles. The SMILES string of the molecule is CSc1cc(O)c(N=Nc2nc(C#N)c(C#N)[nH]2)cc1N=Nc1ccnn1C. The van der Waals surface area contributed by atoms with E-state index in [1.165, 1.54) is 23.9 Å². The Morgan fingerprint density at radius 1 is 1.14 bits per heavy atom. The van der Waals surface area contributed by atoms with Gasteiger partial charge in [0.1, 0.15) is 29.3 Å². The molecule has 2 N–H and O–H groups in total. The zero-order valence-electron chi connectivity index (χ0n) is 14.7. The first kappa shape index (κ1) is 18.8. The van der Waals surface area contributed by atoms with E-state index in [9.17, 15) is 5.11 Å². The monoisotopic (exact) mass is 392 g/mol. The number of rotatable bonds is 5. The van der Waals surface area contributed by atoms with Crippen molar-refractivity contribution in [2.75, 3.05) is 6.26 Å². The van der Waals surface area contributed by atoms with Crippen LogP contribution < -0.4 is 0 Å². The summed E-state index contributed by atoms with van der Waals surface area (Å²) in [6.07, 6.45) is 3.45. The van der Waals surface area contributed by atoms with Crippen molar-refractivity contribution < 1.29 is 5.11 Å². The standard InChI is InChI=1S/C16H12N10OS/c1-26-15(3-4-19-26)24-23-10-5-9(13(27)6-14(10)28-2)22-25-16-20-11(7-17)12(8-18)21-16/h3-6,27H,1-2H3,(H,20,21). The molecule has 0 aliphatic rings. The van der Waals surface area contributed by atoms with Crippen LogP contribution in [0.4, 0.5) is 23.1 Å². The third-order valence-electron chi connectivity index (χ3n) is 3.49. The second-order valence-electron chi connectivity index (χ2n) is 5.23. The van der Waals surface area contributed by atoms with Gasteiger partial charge in [-0.15, -0.1) is 32.2 Å². The van der Waals surface area contributed by atoms with Crippen molar-refractivity contribution in [3.63, 3.8) is 0 Å². The maximum Gasteiger partial charge on any atom is 0.249 e. The Balaban J connectivity index is 1.94. The van der Waals surface area contributed by atoms with Crippen LogP contribution in [0, 0.1) is 22.7 Å². The number of thioether (sulfide) groups is 1. The van der Waals surface area contributed by atoms with E-state index < -0.39 is 0 Å². The molecule has 0 fully saturated rings. The number of phenols is 1. The fourth-order valence-electron chi connectivity index (χ4n) is 2.11. The minimum absolute atomic E-state index is 0.0101. The zero-order chi connectivity index (χ0) is 20.1. The number of aryl methyl sites for hydroxylation is 1. The molecule has 2 aromatic heterocycles. The van der Waals surface area contributed by atoms with Gasteiger partial charge in [-0.25, -0.2) is 4.68 Å². The number of phenolic OH excluding ortho intramolecular Hbond substituents is 1. The van der Waals surface area contributed by atoms with Crippen molar-refractivity contribution in [3.05, 3.63) is 35.8 Å². The minimum Gasteiger partial charge on any atom is -0.506 e. The van der Waals surface area contributed by atoms with E-state index >= 15 is 0 Å².